The molecule has 0 radical (unpaired) electrons. The number of aromatic amines is 1. The molecule has 4 rings (SSSR count). The number of ether oxygens (including phenoxy) is 1. The number of imidazole rings is 1. The fraction of sp³-hybridized carbons (Fsp3) is 0.320. The summed E-state index contributed by atoms with van der Waals surface area (Å²) < 4.78 is 8.66. The van der Waals surface area contributed by atoms with Gasteiger partial charge in [-0.25, -0.2) is 4.79 Å². The molecule has 2 aromatic carbocycles. The Hall–Kier alpha value is -3.85. The molecule has 3 N–H and O–H groups in total. The average molecular weight is 464 g/mol. The van der Waals surface area contributed by atoms with Gasteiger partial charge in [0, 0.05) is 13.6 Å². The highest BCUT2D eigenvalue weighted by Gasteiger charge is 2.20. The molecular formula is C25H29N5O4. The van der Waals surface area contributed by atoms with E-state index in [1.807, 2.05) is 62.4 Å². The van der Waals surface area contributed by atoms with Gasteiger partial charge in [0.25, 0.3) is 5.56 Å². The van der Waals surface area contributed by atoms with Crippen LogP contribution >= 0.6 is 0 Å². The number of nitrogens with zero attached hydrogens (tertiary/aromatic N) is 3. The van der Waals surface area contributed by atoms with Crippen molar-refractivity contribution in [2.75, 3.05) is 18.5 Å². The number of aliphatic hydroxyl groups excluding tert-OH is 1. The lowest BCUT2D eigenvalue weighted by atomic mass is 10.1. The molecule has 0 amide bonds. The zero-order valence-electron chi connectivity index (χ0n) is 19.5. The molecule has 0 unspecified atom stereocenters. The van der Waals surface area contributed by atoms with E-state index in [0.29, 0.717) is 18.2 Å². The van der Waals surface area contributed by atoms with Crippen LogP contribution in [0.2, 0.25) is 0 Å². The maximum Gasteiger partial charge on any atom is 0.329 e. The van der Waals surface area contributed by atoms with Crippen LogP contribution in [0.4, 0.5) is 5.95 Å². The van der Waals surface area contributed by atoms with Crippen LogP contribution in [0.1, 0.15) is 16.7 Å². The number of aromatic nitrogens is 4. The summed E-state index contributed by atoms with van der Waals surface area (Å²) >= 11 is 0. The van der Waals surface area contributed by atoms with Gasteiger partial charge in [-0.2, -0.15) is 4.98 Å². The lowest BCUT2D eigenvalue weighted by molar-refractivity contribution is 0.0938. The van der Waals surface area contributed by atoms with Gasteiger partial charge in [-0.1, -0.05) is 36.4 Å². The van der Waals surface area contributed by atoms with Gasteiger partial charge in [0.15, 0.2) is 11.2 Å². The molecule has 0 aliphatic rings. The Labute approximate surface area is 196 Å². The topological polar surface area (TPSA) is 114 Å². The van der Waals surface area contributed by atoms with E-state index in [9.17, 15) is 14.7 Å². The SMILES string of the molecule is Cc1ccc(OC[C@@H](O)Cn2c(NCCc3ccccc3)nc3c2c(=O)[nH]c(=O)n3C)cc1C. The first-order chi connectivity index (χ1) is 16.3. The van der Waals surface area contributed by atoms with E-state index in [0.717, 1.165) is 23.1 Å². The van der Waals surface area contributed by atoms with Gasteiger partial charge in [-0.3, -0.25) is 14.3 Å². The molecule has 2 aromatic heterocycles. The van der Waals surface area contributed by atoms with Gasteiger partial charge in [-0.15, -0.1) is 0 Å². The molecule has 0 saturated carbocycles. The fourth-order valence-corrected chi connectivity index (χ4v) is 3.77. The second-order valence-electron chi connectivity index (χ2n) is 8.41. The minimum absolute atomic E-state index is 0.0370. The minimum Gasteiger partial charge on any atom is -0.491 e. The molecule has 4 aromatic rings. The molecule has 0 aliphatic heterocycles. The average Bonchev–Trinajstić information content (AvgIpc) is 3.17. The smallest absolute Gasteiger partial charge is 0.329 e. The molecule has 0 spiro atoms. The van der Waals surface area contributed by atoms with E-state index in [2.05, 4.69) is 15.3 Å². The highest BCUT2D eigenvalue weighted by atomic mass is 16.5. The number of H-pyrrole nitrogens is 1. The summed E-state index contributed by atoms with van der Waals surface area (Å²) in [5.74, 6) is 1.07. The molecule has 0 saturated heterocycles. The molecule has 9 nitrogen and oxygen atoms in total. The van der Waals surface area contributed by atoms with E-state index in [1.165, 1.54) is 4.57 Å². The van der Waals surface area contributed by atoms with Crippen molar-refractivity contribution in [3.05, 3.63) is 86.1 Å². The summed E-state index contributed by atoms with van der Waals surface area (Å²) in [6.45, 7) is 4.69. The third kappa shape index (κ3) is 5.04. The third-order valence-corrected chi connectivity index (χ3v) is 5.86. The highest BCUT2D eigenvalue weighted by Crippen LogP contribution is 2.19. The summed E-state index contributed by atoms with van der Waals surface area (Å²) in [7, 11) is 1.55. The van der Waals surface area contributed by atoms with Crippen LogP contribution < -0.4 is 21.3 Å². The summed E-state index contributed by atoms with van der Waals surface area (Å²) in [5, 5.41) is 14.0. The monoisotopic (exact) mass is 463 g/mol. The quantitative estimate of drug-likeness (QED) is 0.350. The number of hydrogen-bond donors (Lipinski definition) is 3. The molecule has 0 bridgehead atoms. The molecule has 2 heterocycles. The van der Waals surface area contributed by atoms with Gasteiger partial charge in [0.1, 0.15) is 18.5 Å². The highest BCUT2D eigenvalue weighted by molar-refractivity contribution is 5.74. The predicted octanol–water partition coefficient (Wildman–Crippen LogP) is 2.13. The molecule has 178 valence electrons. The maximum atomic E-state index is 12.6. The Bertz CT molecular complexity index is 1400. The molecule has 34 heavy (non-hydrogen) atoms. The van der Waals surface area contributed by atoms with Gasteiger partial charge in [0.2, 0.25) is 5.95 Å². The first-order valence-electron chi connectivity index (χ1n) is 11.2. The molecule has 0 aliphatic carbocycles. The Kier molecular flexibility index (Phi) is 6.83. The van der Waals surface area contributed by atoms with Crippen LogP contribution in [0.3, 0.4) is 0 Å². The lowest BCUT2D eigenvalue weighted by Gasteiger charge is -2.16. The molecule has 9 heteroatoms. The number of aryl methyl sites for hydroxylation is 3. The van der Waals surface area contributed by atoms with E-state index < -0.39 is 17.4 Å². The number of hydrogen-bond acceptors (Lipinski definition) is 6. The summed E-state index contributed by atoms with van der Waals surface area (Å²) in [6, 6.07) is 15.7. The van der Waals surface area contributed by atoms with Crippen LogP contribution in [0, 0.1) is 13.8 Å². The van der Waals surface area contributed by atoms with Gasteiger partial charge < -0.3 is 19.7 Å². The number of aliphatic hydroxyl groups is 1. The maximum absolute atomic E-state index is 12.6. The lowest BCUT2D eigenvalue weighted by Crippen LogP contribution is -2.31. The van der Waals surface area contributed by atoms with Crippen LogP contribution in [-0.4, -0.2) is 43.5 Å². The standard InChI is InChI=1S/C25H29N5O4/c1-16-9-10-20(13-17(16)2)34-15-19(31)14-30-21-22(29(3)25(33)28-23(21)32)27-24(30)26-12-11-18-7-5-4-6-8-18/h4-10,13,19,31H,11-12,14-15H2,1-3H3,(H,26,27)(H,28,32,33)/t19-/m0/s1. The van der Waals surface area contributed by atoms with E-state index in [4.69, 9.17) is 4.74 Å². The van der Waals surface area contributed by atoms with E-state index >= 15 is 0 Å². The van der Waals surface area contributed by atoms with Crippen molar-refractivity contribution < 1.29 is 9.84 Å². The van der Waals surface area contributed by atoms with E-state index in [1.54, 1.807) is 11.6 Å². The first-order valence-corrected chi connectivity index (χ1v) is 11.2. The third-order valence-electron chi connectivity index (χ3n) is 5.86. The molecular weight excluding hydrogens is 434 g/mol. The number of nitrogens with one attached hydrogen (secondary N) is 2. The number of benzene rings is 2. The largest absolute Gasteiger partial charge is 0.491 e. The molecule has 0 fully saturated rings. The molecule has 1 atom stereocenters. The van der Waals surface area contributed by atoms with Crippen molar-refractivity contribution in [3.63, 3.8) is 0 Å². The van der Waals surface area contributed by atoms with Crippen molar-refractivity contribution in [3.8, 4) is 5.75 Å². The van der Waals surface area contributed by atoms with Crippen molar-refractivity contribution in [2.45, 2.75) is 32.9 Å². The van der Waals surface area contributed by atoms with E-state index in [-0.39, 0.29) is 24.3 Å². The Balaban J connectivity index is 1.56. The number of anilines is 1. The fourth-order valence-electron chi connectivity index (χ4n) is 3.77. The van der Waals surface area contributed by atoms with Crippen molar-refractivity contribution in [2.24, 2.45) is 7.05 Å². The van der Waals surface area contributed by atoms with Crippen LogP contribution in [0.25, 0.3) is 11.2 Å². The second-order valence-corrected chi connectivity index (χ2v) is 8.41. The normalized spacial score (nSPS) is 12.1. The van der Waals surface area contributed by atoms with Crippen LogP contribution in [-0.2, 0) is 20.0 Å². The summed E-state index contributed by atoms with van der Waals surface area (Å²) in [4.78, 5) is 31.5. The Morgan fingerprint density at radius 2 is 1.88 bits per heavy atom. The summed E-state index contributed by atoms with van der Waals surface area (Å²) in [6.07, 6.45) is -0.164. The van der Waals surface area contributed by atoms with Gasteiger partial charge in [-0.05, 0) is 49.1 Å². The zero-order valence-corrected chi connectivity index (χ0v) is 19.5. The minimum atomic E-state index is -0.912. The Morgan fingerprint density at radius 3 is 2.62 bits per heavy atom. The summed E-state index contributed by atoms with van der Waals surface area (Å²) in [5.41, 5.74) is 2.79. The van der Waals surface area contributed by atoms with Gasteiger partial charge in [0.05, 0.1) is 6.54 Å². The van der Waals surface area contributed by atoms with Crippen LogP contribution in [0.15, 0.2) is 58.1 Å². The van der Waals surface area contributed by atoms with Crippen molar-refractivity contribution >= 4 is 17.1 Å². The predicted molar refractivity (Wildman–Crippen MR) is 132 cm³/mol. The van der Waals surface area contributed by atoms with Crippen molar-refractivity contribution in [1.29, 1.82) is 0 Å². The first kappa shape index (κ1) is 23.3. The van der Waals surface area contributed by atoms with Gasteiger partial charge >= 0.3 is 5.69 Å². The second kappa shape index (κ2) is 9.96. The number of fused-ring (bicyclic) bond motifs is 1. The Morgan fingerprint density at radius 1 is 1.12 bits per heavy atom. The zero-order chi connectivity index (χ0) is 24.2. The van der Waals surface area contributed by atoms with Crippen LogP contribution in [0.5, 0.6) is 5.75 Å². The van der Waals surface area contributed by atoms with Crippen molar-refractivity contribution in [1.82, 2.24) is 19.1 Å². The number of rotatable bonds is 9.